The zero-order valence-corrected chi connectivity index (χ0v) is 24.8. The Hall–Kier alpha value is -2.09. The summed E-state index contributed by atoms with van der Waals surface area (Å²) in [6, 6.07) is 14.6. The van der Waals surface area contributed by atoms with Crippen molar-refractivity contribution >= 4 is 44.9 Å². The number of nitrogens with zero attached hydrogens (tertiary/aromatic N) is 1. The van der Waals surface area contributed by atoms with Crippen LogP contribution in [0.25, 0.3) is 0 Å². The lowest BCUT2D eigenvalue weighted by Crippen LogP contribution is -2.53. The highest BCUT2D eigenvalue weighted by Crippen LogP contribution is 2.53. The SMILES string of the molecule is CCCCS(=O)(=O)C1CC1CCN1C(=O)C(CC)(CC(=O)O)CC(c2cccc(Cl)c2)C1c1ccc(Cl)cc1. The van der Waals surface area contributed by atoms with Crippen molar-refractivity contribution in [2.45, 2.75) is 76.0 Å². The summed E-state index contributed by atoms with van der Waals surface area (Å²) in [7, 11) is -3.15. The molecule has 1 N–H and O–H groups in total. The lowest BCUT2D eigenvalue weighted by atomic mass is 9.65. The second kappa shape index (κ2) is 12.2. The monoisotopic (exact) mass is 593 g/mol. The summed E-state index contributed by atoms with van der Waals surface area (Å²) in [4.78, 5) is 28.1. The number of carbonyl (C=O) groups excluding carboxylic acids is 1. The van der Waals surface area contributed by atoms with Crippen molar-refractivity contribution in [2.75, 3.05) is 12.3 Å². The number of amides is 1. The maximum Gasteiger partial charge on any atom is 0.304 e. The third-order valence-corrected chi connectivity index (χ3v) is 11.4. The molecule has 9 heteroatoms. The van der Waals surface area contributed by atoms with Crippen molar-refractivity contribution in [2.24, 2.45) is 11.3 Å². The Morgan fingerprint density at radius 3 is 2.41 bits per heavy atom. The summed E-state index contributed by atoms with van der Waals surface area (Å²) in [6.07, 6.45) is 3.15. The molecule has 2 aromatic rings. The van der Waals surface area contributed by atoms with Crippen LogP contribution < -0.4 is 0 Å². The Kier molecular flexibility index (Phi) is 9.34. The average Bonchev–Trinajstić information content (AvgIpc) is 3.69. The standard InChI is InChI=1S/C30H37Cl2NO5S/c1-3-5-15-39(37,38)26-17-22(26)13-14-33-28(20-9-11-23(31)12-10-20)25(21-7-6-8-24(32)16-21)18-30(4-2,29(33)36)19-27(34)35/h6-12,16,22,25-26,28H,3-5,13-15,17-19H2,1-2H3,(H,34,35). The lowest BCUT2D eigenvalue weighted by molar-refractivity contribution is -0.159. The molecule has 0 aromatic heterocycles. The van der Waals surface area contributed by atoms with E-state index in [9.17, 15) is 23.1 Å². The van der Waals surface area contributed by atoms with Crippen LogP contribution in [-0.2, 0) is 19.4 Å². The molecule has 39 heavy (non-hydrogen) atoms. The van der Waals surface area contributed by atoms with Gasteiger partial charge in [0.2, 0.25) is 5.91 Å². The van der Waals surface area contributed by atoms with Crippen LogP contribution in [0.15, 0.2) is 48.5 Å². The van der Waals surface area contributed by atoms with E-state index < -0.39 is 21.2 Å². The summed E-state index contributed by atoms with van der Waals surface area (Å²) in [5, 5.41) is 10.6. The van der Waals surface area contributed by atoms with Gasteiger partial charge in [-0.2, -0.15) is 0 Å². The Morgan fingerprint density at radius 1 is 1.08 bits per heavy atom. The van der Waals surface area contributed by atoms with Gasteiger partial charge in [-0.25, -0.2) is 8.42 Å². The van der Waals surface area contributed by atoms with Crippen molar-refractivity contribution in [3.8, 4) is 0 Å². The van der Waals surface area contributed by atoms with E-state index in [0.29, 0.717) is 48.7 Å². The molecule has 1 saturated heterocycles. The van der Waals surface area contributed by atoms with Crippen LogP contribution in [0.3, 0.4) is 0 Å². The van der Waals surface area contributed by atoms with Crippen molar-refractivity contribution in [3.63, 3.8) is 0 Å². The normalized spacial score (nSPS) is 27.0. The minimum absolute atomic E-state index is 0.00701. The highest BCUT2D eigenvalue weighted by atomic mass is 35.5. The number of piperidine rings is 1. The van der Waals surface area contributed by atoms with E-state index in [1.807, 2.05) is 49.1 Å². The largest absolute Gasteiger partial charge is 0.481 e. The van der Waals surface area contributed by atoms with Gasteiger partial charge >= 0.3 is 5.97 Å². The highest BCUT2D eigenvalue weighted by molar-refractivity contribution is 7.92. The second-order valence-electron chi connectivity index (χ2n) is 11.1. The first-order valence-electron chi connectivity index (χ1n) is 13.8. The number of carboxylic acids is 1. The average molecular weight is 595 g/mol. The fourth-order valence-electron chi connectivity index (χ4n) is 6.24. The van der Waals surface area contributed by atoms with E-state index in [0.717, 1.165) is 17.5 Å². The number of hydrogen-bond acceptors (Lipinski definition) is 4. The molecular weight excluding hydrogens is 557 g/mol. The Morgan fingerprint density at radius 2 is 1.79 bits per heavy atom. The molecule has 4 rings (SSSR count). The van der Waals surface area contributed by atoms with Crippen molar-refractivity contribution in [1.82, 2.24) is 4.90 Å². The van der Waals surface area contributed by atoms with Gasteiger partial charge in [0, 0.05) is 22.5 Å². The fraction of sp³-hybridized carbons (Fsp3) is 0.533. The summed E-state index contributed by atoms with van der Waals surface area (Å²) >= 11 is 12.6. The predicted molar refractivity (Wildman–Crippen MR) is 155 cm³/mol. The third-order valence-electron chi connectivity index (χ3n) is 8.54. The molecule has 0 radical (unpaired) electrons. The number of carbonyl (C=O) groups is 2. The molecule has 212 valence electrons. The minimum atomic E-state index is -3.15. The molecule has 6 nitrogen and oxygen atoms in total. The smallest absolute Gasteiger partial charge is 0.304 e. The number of benzene rings is 2. The molecule has 1 saturated carbocycles. The maximum absolute atomic E-state index is 14.3. The van der Waals surface area contributed by atoms with Gasteiger partial charge in [-0.3, -0.25) is 9.59 Å². The molecule has 0 bridgehead atoms. The molecule has 5 unspecified atom stereocenters. The highest BCUT2D eigenvalue weighted by Gasteiger charge is 2.53. The van der Waals surface area contributed by atoms with Crippen molar-refractivity contribution < 1.29 is 23.1 Å². The quantitative estimate of drug-likeness (QED) is 0.288. The summed E-state index contributed by atoms with van der Waals surface area (Å²) in [5.74, 6) is -1.19. The van der Waals surface area contributed by atoms with Crippen LogP contribution in [0, 0.1) is 11.3 Å². The first-order valence-corrected chi connectivity index (χ1v) is 16.2. The number of rotatable bonds is 12. The molecule has 0 spiro atoms. The number of likely N-dealkylation sites (tertiary alicyclic amines) is 1. The molecule has 5 atom stereocenters. The van der Waals surface area contributed by atoms with Gasteiger partial charge in [0.25, 0.3) is 0 Å². The zero-order valence-electron chi connectivity index (χ0n) is 22.5. The summed E-state index contributed by atoms with van der Waals surface area (Å²) < 4.78 is 25.5. The third kappa shape index (κ3) is 6.63. The van der Waals surface area contributed by atoms with Crippen LogP contribution in [0.2, 0.25) is 10.0 Å². The van der Waals surface area contributed by atoms with E-state index in [2.05, 4.69) is 0 Å². The molecule has 1 aliphatic heterocycles. The van der Waals surface area contributed by atoms with Crippen LogP contribution in [0.1, 0.15) is 81.9 Å². The molecule has 2 fully saturated rings. The van der Waals surface area contributed by atoms with Crippen molar-refractivity contribution in [3.05, 3.63) is 69.7 Å². The van der Waals surface area contributed by atoms with Gasteiger partial charge in [0.1, 0.15) is 0 Å². The number of carboxylic acid groups (broad SMARTS) is 1. The van der Waals surface area contributed by atoms with Gasteiger partial charge in [0.15, 0.2) is 9.84 Å². The van der Waals surface area contributed by atoms with Crippen LogP contribution >= 0.6 is 23.2 Å². The van der Waals surface area contributed by atoms with E-state index >= 15 is 0 Å². The summed E-state index contributed by atoms with van der Waals surface area (Å²) in [6.45, 7) is 4.20. The van der Waals surface area contributed by atoms with E-state index in [4.69, 9.17) is 23.2 Å². The van der Waals surface area contributed by atoms with Gasteiger partial charge in [-0.05, 0) is 73.4 Å². The number of halogens is 2. The zero-order chi connectivity index (χ0) is 28.4. The van der Waals surface area contributed by atoms with Gasteiger partial charge in [-0.1, -0.05) is 67.7 Å². The van der Waals surface area contributed by atoms with E-state index in [1.54, 1.807) is 18.2 Å². The molecule has 2 aromatic carbocycles. The van der Waals surface area contributed by atoms with Crippen LogP contribution in [-0.4, -0.2) is 47.8 Å². The Labute approximate surface area is 241 Å². The Bertz CT molecular complexity index is 1300. The maximum atomic E-state index is 14.3. The number of hydrogen-bond donors (Lipinski definition) is 1. The number of aliphatic carboxylic acids is 1. The number of unbranched alkanes of at least 4 members (excludes halogenated alkanes) is 1. The topological polar surface area (TPSA) is 91.8 Å². The van der Waals surface area contributed by atoms with Gasteiger partial charge < -0.3 is 10.0 Å². The first-order chi connectivity index (χ1) is 18.5. The predicted octanol–water partition coefficient (Wildman–Crippen LogP) is 6.92. The summed E-state index contributed by atoms with van der Waals surface area (Å²) in [5.41, 5.74) is 0.771. The minimum Gasteiger partial charge on any atom is -0.481 e. The molecular formula is C30H37Cl2NO5S. The fourth-order valence-corrected chi connectivity index (χ4v) is 8.82. The lowest BCUT2D eigenvalue weighted by Gasteiger charge is -2.50. The molecule has 1 aliphatic carbocycles. The second-order valence-corrected chi connectivity index (χ2v) is 14.3. The van der Waals surface area contributed by atoms with Crippen LogP contribution in [0.4, 0.5) is 0 Å². The van der Waals surface area contributed by atoms with E-state index in [-0.39, 0.29) is 41.2 Å². The molecule has 1 amide bonds. The van der Waals surface area contributed by atoms with Crippen molar-refractivity contribution in [1.29, 1.82) is 0 Å². The van der Waals surface area contributed by atoms with Gasteiger partial charge in [0.05, 0.1) is 28.9 Å². The number of sulfone groups is 1. The first kappa shape index (κ1) is 29.9. The van der Waals surface area contributed by atoms with Crippen LogP contribution in [0.5, 0.6) is 0 Å². The molecule has 1 heterocycles. The van der Waals surface area contributed by atoms with Gasteiger partial charge in [-0.15, -0.1) is 0 Å². The Balaban J connectivity index is 1.72. The molecule has 2 aliphatic rings. The van der Waals surface area contributed by atoms with E-state index in [1.165, 1.54) is 0 Å².